The Morgan fingerprint density at radius 2 is 2.17 bits per heavy atom. The van der Waals surface area contributed by atoms with Crippen LogP contribution >= 0.6 is 0 Å². The maximum Gasteiger partial charge on any atom is 0.256 e. The summed E-state index contributed by atoms with van der Waals surface area (Å²) in [4.78, 5) is 24.2. The first kappa shape index (κ1) is 16.1. The Morgan fingerprint density at radius 1 is 1.33 bits per heavy atom. The van der Waals surface area contributed by atoms with Crippen molar-refractivity contribution in [1.82, 2.24) is 15.0 Å². The number of nitrogens with one attached hydrogen (secondary N) is 2. The van der Waals surface area contributed by atoms with Crippen LogP contribution in [0.15, 0.2) is 42.6 Å². The molecule has 0 aliphatic carbocycles. The van der Waals surface area contributed by atoms with E-state index in [9.17, 15) is 9.90 Å². The van der Waals surface area contributed by atoms with Crippen LogP contribution in [0.3, 0.4) is 0 Å². The molecule has 0 aliphatic rings. The molecule has 1 amide bonds. The number of aromatic nitrogens is 3. The molecule has 1 unspecified atom stereocenters. The molecule has 0 radical (unpaired) electrons. The molecular weight excluding hydrogens is 304 g/mol. The number of carbonyl (C=O) groups is 1. The van der Waals surface area contributed by atoms with Crippen molar-refractivity contribution < 1.29 is 9.90 Å². The molecule has 1 aromatic carbocycles. The summed E-state index contributed by atoms with van der Waals surface area (Å²) in [7, 11) is 0. The number of rotatable bonds is 5. The van der Waals surface area contributed by atoms with Gasteiger partial charge in [-0.3, -0.25) is 9.78 Å². The van der Waals surface area contributed by atoms with Gasteiger partial charge in [-0.1, -0.05) is 19.4 Å². The van der Waals surface area contributed by atoms with E-state index in [1.54, 1.807) is 18.3 Å². The lowest BCUT2D eigenvalue weighted by Gasteiger charge is -2.21. The maximum atomic E-state index is 12.2. The molecule has 2 aromatic heterocycles. The van der Waals surface area contributed by atoms with Crippen molar-refractivity contribution in [3.63, 3.8) is 0 Å². The monoisotopic (exact) mass is 324 g/mol. The Labute approximate surface area is 140 Å². The van der Waals surface area contributed by atoms with Crippen molar-refractivity contribution in [2.45, 2.75) is 32.3 Å². The first-order valence-corrected chi connectivity index (χ1v) is 7.94. The van der Waals surface area contributed by atoms with E-state index >= 15 is 0 Å². The lowest BCUT2D eigenvalue weighted by molar-refractivity contribution is -0.133. The van der Waals surface area contributed by atoms with Gasteiger partial charge in [-0.25, -0.2) is 4.98 Å². The number of carbonyl (C=O) groups excluding carboxylic acids is 1. The first-order valence-electron chi connectivity index (χ1n) is 7.94. The van der Waals surface area contributed by atoms with E-state index in [-0.39, 0.29) is 0 Å². The summed E-state index contributed by atoms with van der Waals surface area (Å²) in [6, 6.07) is 11.0. The molecule has 6 nitrogen and oxygen atoms in total. The van der Waals surface area contributed by atoms with Gasteiger partial charge in [0.2, 0.25) is 0 Å². The number of anilines is 1. The number of hydrogen-bond donors (Lipinski definition) is 3. The van der Waals surface area contributed by atoms with Gasteiger partial charge >= 0.3 is 0 Å². The van der Waals surface area contributed by atoms with Crippen molar-refractivity contribution in [3.05, 3.63) is 42.6 Å². The second-order valence-electron chi connectivity index (χ2n) is 6.01. The van der Waals surface area contributed by atoms with Crippen LogP contribution < -0.4 is 5.32 Å². The number of imidazole rings is 1. The second kappa shape index (κ2) is 6.41. The van der Waals surface area contributed by atoms with Crippen LogP contribution in [0.25, 0.3) is 22.6 Å². The van der Waals surface area contributed by atoms with Gasteiger partial charge in [0.05, 0.1) is 11.0 Å². The lowest BCUT2D eigenvalue weighted by atomic mass is 9.99. The van der Waals surface area contributed by atoms with Crippen molar-refractivity contribution >= 4 is 22.6 Å². The largest absolute Gasteiger partial charge is 0.380 e. The number of aromatic amines is 1. The molecule has 6 heteroatoms. The van der Waals surface area contributed by atoms with Crippen LogP contribution in [0, 0.1) is 0 Å². The zero-order valence-corrected chi connectivity index (χ0v) is 13.7. The fourth-order valence-corrected chi connectivity index (χ4v) is 2.58. The normalized spacial score (nSPS) is 13.6. The van der Waals surface area contributed by atoms with Gasteiger partial charge < -0.3 is 15.4 Å². The SMILES string of the molecule is CCCC(C)(O)C(=O)Nc1ccc2nc(-c3ccccn3)[nH]c2c1. The third-order valence-corrected chi connectivity index (χ3v) is 3.87. The molecule has 124 valence electrons. The molecule has 0 saturated heterocycles. The van der Waals surface area contributed by atoms with Crippen LogP contribution in [0.2, 0.25) is 0 Å². The molecule has 0 aliphatic heterocycles. The third-order valence-electron chi connectivity index (χ3n) is 3.87. The Hall–Kier alpha value is -2.73. The Bertz CT molecular complexity index is 856. The zero-order valence-electron chi connectivity index (χ0n) is 13.7. The van der Waals surface area contributed by atoms with Gasteiger partial charge in [0.15, 0.2) is 5.82 Å². The molecule has 3 N–H and O–H groups in total. The first-order chi connectivity index (χ1) is 11.5. The number of hydrogen-bond acceptors (Lipinski definition) is 4. The number of aliphatic hydroxyl groups is 1. The summed E-state index contributed by atoms with van der Waals surface area (Å²) < 4.78 is 0. The van der Waals surface area contributed by atoms with Crippen LogP contribution in [0.4, 0.5) is 5.69 Å². The number of amides is 1. The Morgan fingerprint density at radius 3 is 2.88 bits per heavy atom. The van der Waals surface area contributed by atoms with Gasteiger partial charge in [-0.2, -0.15) is 0 Å². The summed E-state index contributed by atoms with van der Waals surface area (Å²) in [6.45, 7) is 3.46. The molecule has 0 saturated carbocycles. The number of nitrogens with zero attached hydrogens (tertiary/aromatic N) is 2. The predicted octanol–water partition coefficient (Wildman–Crippen LogP) is 3.11. The highest BCUT2D eigenvalue weighted by molar-refractivity contribution is 5.98. The molecule has 0 spiro atoms. The summed E-state index contributed by atoms with van der Waals surface area (Å²) in [5, 5.41) is 12.9. The van der Waals surface area contributed by atoms with Gasteiger partial charge in [-0.15, -0.1) is 0 Å². The lowest BCUT2D eigenvalue weighted by Crippen LogP contribution is -2.39. The quantitative estimate of drug-likeness (QED) is 0.672. The summed E-state index contributed by atoms with van der Waals surface area (Å²) in [5.74, 6) is 0.264. The van der Waals surface area contributed by atoms with E-state index < -0.39 is 11.5 Å². The maximum absolute atomic E-state index is 12.2. The molecule has 1 atom stereocenters. The van der Waals surface area contributed by atoms with Crippen LogP contribution in [-0.2, 0) is 4.79 Å². The minimum Gasteiger partial charge on any atom is -0.380 e. The molecular formula is C18H20N4O2. The molecule has 3 aromatic rings. The van der Waals surface area contributed by atoms with E-state index in [1.807, 2.05) is 31.2 Å². The van der Waals surface area contributed by atoms with Crippen molar-refractivity contribution in [1.29, 1.82) is 0 Å². The topological polar surface area (TPSA) is 90.9 Å². The Balaban J connectivity index is 1.85. The van der Waals surface area contributed by atoms with Gasteiger partial charge in [0.25, 0.3) is 5.91 Å². The van der Waals surface area contributed by atoms with Crippen molar-refractivity contribution in [3.8, 4) is 11.5 Å². The molecule has 2 heterocycles. The molecule has 0 bridgehead atoms. The van der Waals surface area contributed by atoms with Crippen LogP contribution in [0.5, 0.6) is 0 Å². The summed E-state index contributed by atoms with van der Waals surface area (Å²) in [5.41, 5.74) is 1.57. The van der Waals surface area contributed by atoms with Crippen LogP contribution in [-0.4, -0.2) is 31.6 Å². The third kappa shape index (κ3) is 3.28. The summed E-state index contributed by atoms with van der Waals surface area (Å²) >= 11 is 0. The van der Waals surface area contributed by atoms with Crippen molar-refractivity contribution in [2.75, 3.05) is 5.32 Å². The fourth-order valence-electron chi connectivity index (χ4n) is 2.58. The average Bonchev–Trinajstić information content (AvgIpc) is 2.99. The minimum atomic E-state index is -1.38. The second-order valence-corrected chi connectivity index (χ2v) is 6.01. The van der Waals surface area contributed by atoms with Crippen LogP contribution in [0.1, 0.15) is 26.7 Å². The smallest absolute Gasteiger partial charge is 0.256 e. The minimum absolute atomic E-state index is 0.409. The van der Waals surface area contributed by atoms with E-state index in [4.69, 9.17) is 0 Å². The standard InChI is InChI=1S/C18H20N4O2/c1-3-9-18(2,24)17(23)20-12-7-8-13-15(11-12)22-16(21-13)14-6-4-5-10-19-14/h4-8,10-11,24H,3,9H2,1-2H3,(H,20,23)(H,21,22). The van der Waals surface area contributed by atoms with E-state index in [2.05, 4.69) is 20.3 Å². The molecule has 3 rings (SSSR count). The van der Waals surface area contributed by atoms with Gasteiger partial charge in [-0.05, 0) is 43.7 Å². The van der Waals surface area contributed by atoms with Gasteiger partial charge in [0, 0.05) is 11.9 Å². The predicted molar refractivity (Wildman–Crippen MR) is 93.5 cm³/mol. The Kier molecular flexibility index (Phi) is 4.31. The molecule has 24 heavy (non-hydrogen) atoms. The van der Waals surface area contributed by atoms with E-state index in [0.29, 0.717) is 17.9 Å². The van der Waals surface area contributed by atoms with Gasteiger partial charge in [0.1, 0.15) is 11.3 Å². The number of H-pyrrole nitrogens is 1. The summed E-state index contributed by atoms with van der Waals surface area (Å²) in [6.07, 6.45) is 2.85. The highest BCUT2D eigenvalue weighted by atomic mass is 16.3. The highest BCUT2D eigenvalue weighted by Crippen LogP contribution is 2.23. The number of fused-ring (bicyclic) bond motifs is 1. The highest BCUT2D eigenvalue weighted by Gasteiger charge is 2.29. The van der Waals surface area contributed by atoms with E-state index in [1.165, 1.54) is 6.92 Å². The molecule has 0 fully saturated rings. The fraction of sp³-hybridized carbons (Fsp3) is 0.278. The number of benzene rings is 1. The average molecular weight is 324 g/mol. The van der Waals surface area contributed by atoms with Crippen molar-refractivity contribution in [2.24, 2.45) is 0 Å². The van der Waals surface area contributed by atoms with E-state index in [0.717, 1.165) is 23.1 Å². The number of pyridine rings is 1. The zero-order chi connectivity index (χ0) is 17.2.